The quantitative estimate of drug-likeness (QED) is 0.764. The zero-order chi connectivity index (χ0) is 17.1. The summed E-state index contributed by atoms with van der Waals surface area (Å²) in [6.45, 7) is 0.345. The standard InChI is InChI=1S/C16H19N3O5/c20-9-12-15(22)19-7-6-18(8-13(19)14(21)17-12)16(23)24-10-11-4-2-1-3-5-11/h1-5,12-13,20H,6-10H2,(H,17,21)/t12-,13-/m1/s1. The number of hydrogen-bond acceptors (Lipinski definition) is 5. The second kappa shape index (κ2) is 6.88. The number of carbonyl (C=O) groups is 3. The number of nitrogens with zero attached hydrogens (tertiary/aromatic N) is 2. The van der Waals surface area contributed by atoms with Gasteiger partial charge in [-0.15, -0.1) is 0 Å². The summed E-state index contributed by atoms with van der Waals surface area (Å²) >= 11 is 0. The number of amides is 3. The van der Waals surface area contributed by atoms with Crippen LogP contribution in [0.4, 0.5) is 4.79 Å². The lowest BCUT2D eigenvalue weighted by Crippen LogP contribution is -2.70. The molecule has 8 heteroatoms. The molecule has 2 N–H and O–H groups in total. The van der Waals surface area contributed by atoms with E-state index < -0.39 is 24.8 Å². The van der Waals surface area contributed by atoms with Crippen LogP contribution in [-0.4, -0.2) is 71.1 Å². The Morgan fingerprint density at radius 2 is 2.00 bits per heavy atom. The Morgan fingerprint density at radius 3 is 2.71 bits per heavy atom. The predicted molar refractivity (Wildman–Crippen MR) is 82.7 cm³/mol. The lowest BCUT2D eigenvalue weighted by molar-refractivity contribution is -0.153. The van der Waals surface area contributed by atoms with Crippen molar-refractivity contribution in [1.82, 2.24) is 15.1 Å². The van der Waals surface area contributed by atoms with Gasteiger partial charge in [-0.3, -0.25) is 9.59 Å². The normalized spacial score (nSPS) is 23.5. The van der Waals surface area contributed by atoms with Gasteiger partial charge in [-0.1, -0.05) is 30.3 Å². The number of rotatable bonds is 3. The molecule has 0 bridgehead atoms. The van der Waals surface area contributed by atoms with E-state index in [1.165, 1.54) is 9.80 Å². The fourth-order valence-electron chi connectivity index (χ4n) is 2.90. The van der Waals surface area contributed by atoms with Gasteiger partial charge in [0.05, 0.1) is 13.2 Å². The number of piperazine rings is 2. The van der Waals surface area contributed by atoms with E-state index in [1.54, 1.807) is 0 Å². The minimum absolute atomic E-state index is 0.0867. The van der Waals surface area contributed by atoms with Gasteiger partial charge in [-0.05, 0) is 5.56 Å². The Morgan fingerprint density at radius 1 is 1.25 bits per heavy atom. The summed E-state index contributed by atoms with van der Waals surface area (Å²) in [5.41, 5.74) is 0.876. The molecule has 0 radical (unpaired) electrons. The number of aliphatic hydroxyl groups is 1. The fraction of sp³-hybridized carbons (Fsp3) is 0.438. The molecular formula is C16H19N3O5. The second-order valence-electron chi connectivity index (χ2n) is 5.78. The Balaban J connectivity index is 1.59. The van der Waals surface area contributed by atoms with Crippen molar-refractivity contribution in [1.29, 1.82) is 0 Å². The summed E-state index contributed by atoms with van der Waals surface area (Å²) in [6, 6.07) is 7.67. The largest absolute Gasteiger partial charge is 0.445 e. The summed E-state index contributed by atoms with van der Waals surface area (Å²) in [7, 11) is 0. The van der Waals surface area contributed by atoms with E-state index in [-0.39, 0.29) is 31.5 Å². The second-order valence-corrected chi connectivity index (χ2v) is 5.78. The van der Waals surface area contributed by atoms with Crippen LogP contribution in [0.1, 0.15) is 5.56 Å². The first-order valence-corrected chi connectivity index (χ1v) is 7.77. The zero-order valence-electron chi connectivity index (χ0n) is 13.1. The molecule has 2 saturated heterocycles. The van der Waals surface area contributed by atoms with E-state index in [0.717, 1.165) is 5.56 Å². The van der Waals surface area contributed by atoms with Crippen LogP contribution in [0.15, 0.2) is 30.3 Å². The maximum Gasteiger partial charge on any atom is 0.410 e. The Bertz CT molecular complexity index is 636. The van der Waals surface area contributed by atoms with E-state index >= 15 is 0 Å². The van der Waals surface area contributed by atoms with E-state index in [0.29, 0.717) is 6.54 Å². The van der Waals surface area contributed by atoms with Crippen LogP contribution < -0.4 is 5.32 Å². The van der Waals surface area contributed by atoms with Crippen LogP contribution in [0.3, 0.4) is 0 Å². The van der Waals surface area contributed by atoms with Crippen molar-refractivity contribution in [2.75, 3.05) is 26.2 Å². The van der Waals surface area contributed by atoms with Crippen molar-refractivity contribution < 1.29 is 24.2 Å². The van der Waals surface area contributed by atoms with Gasteiger partial charge in [0.2, 0.25) is 11.8 Å². The number of carbonyl (C=O) groups excluding carboxylic acids is 3. The third-order valence-electron chi connectivity index (χ3n) is 4.23. The molecule has 1 aromatic carbocycles. The average Bonchev–Trinajstić information content (AvgIpc) is 2.63. The highest BCUT2D eigenvalue weighted by atomic mass is 16.6. The third kappa shape index (κ3) is 3.18. The molecule has 3 amide bonds. The minimum atomic E-state index is -0.898. The van der Waals surface area contributed by atoms with Crippen LogP contribution in [0.5, 0.6) is 0 Å². The van der Waals surface area contributed by atoms with E-state index in [1.807, 2.05) is 30.3 Å². The topological polar surface area (TPSA) is 99.2 Å². The van der Waals surface area contributed by atoms with Crippen molar-refractivity contribution in [3.05, 3.63) is 35.9 Å². The van der Waals surface area contributed by atoms with Crippen LogP contribution in [0.2, 0.25) is 0 Å². The summed E-state index contributed by atoms with van der Waals surface area (Å²) in [4.78, 5) is 39.3. The number of fused-ring (bicyclic) bond motifs is 1. The Labute approximate surface area is 139 Å². The highest BCUT2D eigenvalue weighted by molar-refractivity contribution is 5.97. The summed E-state index contributed by atoms with van der Waals surface area (Å²) in [5.74, 6) is -0.686. The fourth-order valence-corrected chi connectivity index (χ4v) is 2.90. The van der Waals surface area contributed by atoms with E-state index in [2.05, 4.69) is 5.32 Å². The molecule has 0 aromatic heterocycles. The molecule has 0 spiro atoms. The molecule has 2 aliphatic rings. The summed E-state index contributed by atoms with van der Waals surface area (Å²) < 4.78 is 5.26. The molecule has 3 rings (SSSR count). The van der Waals surface area contributed by atoms with Crippen molar-refractivity contribution in [2.24, 2.45) is 0 Å². The number of benzene rings is 1. The van der Waals surface area contributed by atoms with Gasteiger partial charge >= 0.3 is 6.09 Å². The molecule has 24 heavy (non-hydrogen) atoms. The van der Waals surface area contributed by atoms with Crippen molar-refractivity contribution in [3.8, 4) is 0 Å². The molecule has 128 valence electrons. The molecule has 0 unspecified atom stereocenters. The average molecular weight is 333 g/mol. The minimum Gasteiger partial charge on any atom is -0.445 e. The predicted octanol–water partition coefficient (Wildman–Crippen LogP) is -0.673. The smallest absolute Gasteiger partial charge is 0.410 e. The van der Waals surface area contributed by atoms with E-state index in [9.17, 15) is 14.4 Å². The van der Waals surface area contributed by atoms with Crippen LogP contribution in [0, 0.1) is 0 Å². The van der Waals surface area contributed by atoms with Gasteiger partial charge in [-0.25, -0.2) is 4.79 Å². The van der Waals surface area contributed by atoms with Crippen LogP contribution in [-0.2, 0) is 20.9 Å². The summed E-state index contributed by atoms with van der Waals surface area (Å²) in [5, 5.41) is 11.6. The first kappa shape index (κ1) is 16.3. The van der Waals surface area contributed by atoms with Crippen LogP contribution >= 0.6 is 0 Å². The van der Waals surface area contributed by atoms with E-state index in [4.69, 9.17) is 9.84 Å². The number of ether oxygens (including phenoxy) is 1. The summed E-state index contributed by atoms with van der Waals surface area (Å²) in [6.07, 6.45) is -0.511. The van der Waals surface area contributed by atoms with Gasteiger partial charge in [0.25, 0.3) is 0 Å². The molecular weight excluding hydrogens is 314 g/mol. The van der Waals surface area contributed by atoms with Gasteiger partial charge < -0.3 is 25.0 Å². The van der Waals surface area contributed by atoms with Crippen molar-refractivity contribution in [2.45, 2.75) is 18.7 Å². The molecule has 0 saturated carbocycles. The van der Waals surface area contributed by atoms with Crippen molar-refractivity contribution in [3.63, 3.8) is 0 Å². The van der Waals surface area contributed by atoms with Crippen LogP contribution in [0.25, 0.3) is 0 Å². The molecule has 2 fully saturated rings. The molecule has 2 atom stereocenters. The highest BCUT2D eigenvalue weighted by Crippen LogP contribution is 2.17. The Kier molecular flexibility index (Phi) is 4.66. The SMILES string of the molecule is O=C1N[C@H](CO)C(=O)N2CCN(C(=O)OCc3ccccc3)C[C@H]12. The number of nitrogens with one attached hydrogen (secondary N) is 1. The number of aliphatic hydroxyl groups excluding tert-OH is 1. The van der Waals surface area contributed by atoms with Gasteiger partial charge in [0.1, 0.15) is 18.7 Å². The lowest BCUT2D eigenvalue weighted by Gasteiger charge is -2.44. The first-order valence-electron chi connectivity index (χ1n) is 7.77. The lowest BCUT2D eigenvalue weighted by atomic mass is 10.0. The maximum atomic E-state index is 12.2. The molecule has 2 heterocycles. The molecule has 8 nitrogen and oxygen atoms in total. The first-order chi connectivity index (χ1) is 11.6. The third-order valence-corrected chi connectivity index (χ3v) is 4.23. The highest BCUT2D eigenvalue weighted by Gasteiger charge is 2.44. The molecule has 1 aromatic rings. The Hall–Kier alpha value is -2.61. The molecule has 0 aliphatic carbocycles. The van der Waals surface area contributed by atoms with Gasteiger partial charge in [-0.2, -0.15) is 0 Å². The van der Waals surface area contributed by atoms with Gasteiger partial charge in [0.15, 0.2) is 0 Å². The zero-order valence-corrected chi connectivity index (χ0v) is 13.1. The van der Waals surface area contributed by atoms with Crippen molar-refractivity contribution >= 4 is 17.9 Å². The van der Waals surface area contributed by atoms with Gasteiger partial charge in [0, 0.05) is 13.1 Å². The molecule has 2 aliphatic heterocycles. The number of hydrogen-bond donors (Lipinski definition) is 2. The maximum absolute atomic E-state index is 12.2. The monoisotopic (exact) mass is 333 g/mol.